The van der Waals surface area contributed by atoms with E-state index in [4.69, 9.17) is 0 Å². The van der Waals surface area contributed by atoms with E-state index in [1.165, 1.54) is 0 Å². The zero-order chi connectivity index (χ0) is 29.4. The summed E-state index contributed by atoms with van der Waals surface area (Å²) in [5.74, 6) is -0.757. The molecule has 0 aromatic heterocycles. The third kappa shape index (κ3) is 6.50. The van der Waals surface area contributed by atoms with E-state index < -0.39 is 0 Å². The molecule has 2 heteroatoms. The summed E-state index contributed by atoms with van der Waals surface area (Å²) in [5, 5.41) is 0. The van der Waals surface area contributed by atoms with Crippen molar-refractivity contribution in [1.29, 1.82) is 0 Å². The van der Waals surface area contributed by atoms with Gasteiger partial charge in [0.2, 0.25) is 0 Å². The van der Waals surface area contributed by atoms with Gasteiger partial charge < -0.3 is 0 Å². The highest BCUT2D eigenvalue weighted by Crippen LogP contribution is 2.59. The number of ketones is 2. The molecule has 0 heterocycles. The summed E-state index contributed by atoms with van der Waals surface area (Å²) in [6, 6.07) is 32.3. The molecule has 40 heavy (non-hydrogen) atoms. The maximum Gasteiger partial charge on any atom is 0.167 e. The van der Waals surface area contributed by atoms with Crippen LogP contribution in [0.2, 0.25) is 0 Å². The highest BCUT2D eigenvalue weighted by atomic mass is 16.1. The third-order valence-corrected chi connectivity index (χ3v) is 7.75. The highest BCUT2D eigenvalue weighted by molar-refractivity contribution is 6.05. The van der Waals surface area contributed by atoms with E-state index in [0.29, 0.717) is 11.1 Å². The predicted molar refractivity (Wildman–Crippen MR) is 169 cm³/mol. The molecule has 0 spiro atoms. The van der Waals surface area contributed by atoms with Crippen molar-refractivity contribution in [1.82, 2.24) is 0 Å². The first-order valence-electron chi connectivity index (χ1n) is 14.7. The lowest BCUT2D eigenvalue weighted by Crippen LogP contribution is -2.51. The molecule has 0 N–H and O–H groups in total. The summed E-state index contributed by atoms with van der Waals surface area (Å²) in [7, 11) is 0. The molecule has 0 unspecified atom stereocenters. The van der Waals surface area contributed by atoms with Gasteiger partial charge in [-0.05, 0) is 38.8 Å². The Bertz CT molecular complexity index is 1260. The minimum atomic E-state index is -0.308. The second kappa shape index (κ2) is 14.0. The van der Waals surface area contributed by atoms with Crippen LogP contribution in [0, 0.1) is 39.5 Å². The first kappa shape index (κ1) is 30.8. The summed E-state index contributed by atoms with van der Waals surface area (Å²) < 4.78 is 0. The summed E-state index contributed by atoms with van der Waals surface area (Å²) in [6.07, 6.45) is 0. The Kier molecular flexibility index (Phi) is 10.8. The zero-order valence-corrected chi connectivity index (χ0v) is 25.4. The van der Waals surface area contributed by atoms with Crippen LogP contribution in [-0.4, -0.2) is 11.6 Å². The summed E-state index contributed by atoms with van der Waals surface area (Å²) >= 11 is 0. The molecule has 4 aromatic rings. The van der Waals surface area contributed by atoms with Gasteiger partial charge in [-0.25, -0.2) is 0 Å². The molecule has 1 fully saturated rings. The Hall–Kier alpha value is -3.78. The lowest BCUT2D eigenvalue weighted by molar-refractivity contribution is 0.0489. The number of hydrogen-bond donors (Lipinski definition) is 0. The lowest BCUT2D eigenvalue weighted by atomic mass is 9.49. The standard InChI is InChI=1S/C34H32O2.2C2H6/c1-21-5-13-25(14-6-21)29-31(33(35)27-17-9-23(3)10-18-27)30(26-15-7-22(2)8-16-26)32(29)34(36)28-19-11-24(4)12-20-28;2*1-2/h5-20,29-32H,1-4H3;2*1-2H3. The van der Waals surface area contributed by atoms with Crippen LogP contribution in [0.4, 0.5) is 0 Å². The van der Waals surface area contributed by atoms with Gasteiger partial charge in [-0.15, -0.1) is 0 Å². The molecule has 0 aliphatic heterocycles. The monoisotopic (exact) mass is 532 g/mol. The summed E-state index contributed by atoms with van der Waals surface area (Å²) in [5.41, 5.74) is 8.10. The Morgan fingerprint density at radius 1 is 0.400 bits per heavy atom. The van der Waals surface area contributed by atoms with Crippen molar-refractivity contribution >= 4 is 11.6 Å². The van der Waals surface area contributed by atoms with E-state index in [-0.39, 0.29) is 35.2 Å². The fourth-order valence-corrected chi connectivity index (χ4v) is 5.63. The van der Waals surface area contributed by atoms with Crippen LogP contribution in [0.5, 0.6) is 0 Å². The summed E-state index contributed by atoms with van der Waals surface area (Å²) in [6.45, 7) is 16.2. The molecular weight excluding hydrogens is 488 g/mol. The quantitative estimate of drug-likeness (QED) is 0.232. The van der Waals surface area contributed by atoms with Crippen molar-refractivity contribution in [2.45, 2.75) is 67.2 Å². The Morgan fingerprint density at radius 2 is 0.625 bits per heavy atom. The van der Waals surface area contributed by atoms with E-state index in [1.807, 2.05) is 90.1 Å². The van der Waals surface area contributed by atoms with Gasteiger partial charge in [0.05, 0.1) is 0 Å². The summed E-state index contributed by atoms with van der Waals surface area (Å²) in [4.78, 5) is 28.2. The van der Waals surface area contributed by atoms with Crippen LogP contribution in [0.25, 0.3) is 0 Å². The zero-order valence-electron chi connectivity index (χ0n) is 25.4. The van der Waals surface area contributed by atoms with Crippen molar-refractivity contribution < 1.29 is 9.59 Å². The highest BCUT2D eigenvalue weighted by Gasteiger charge is 2.57. The van der Waals surface area contributed by atoms with E-state index in [0.717, 1.165) is 33.4 Å². The normalized spacial score (nSPS) is 19.2. The van der Waals surface area contributed by atoms with Gasteiger partial charge >= 0.3 is 0 Å². The van der Waals surface area contributed by atoms with Gasteiger partial charge in [-0.1, -0.05) is 147 Å². The average molecular weight is 533 g/mol. The topological polar surface area (TPSA) is 34.1 Å². The molecule has 0 saturated heterocycles. The van der Waals surface area contributed by atoms with Gasteiger partial charge in [0.15, 0.2) is 11.6 Å². The van der Waals surface area contributed by atoms with Crippen LogP contribution in [-0.2, 0) is 0 Å². The van der Waals surface area contributed by atoms with E-state index in [2.05, 4.69) is 62.4 Å². The molecule has 2 nitrogen and oxygen atoms in total. The fourth-order valence-electron chi connectivity index (χ4n) is 5.63. The van der Waals surface area contributed by atoms with Crippen LogP contribution >= 0.6 is 0 Å². The molecule has 1 saturated carbocycles. The maximum absolute atomic E-state index is 14.1. The van der Waals surface area contributed by atoms with Crippen LogP contribution in [0.1, 0.15) is 93.6 Å². The SMILES string of the molecule is CC.CC.Cc1ccc(C(=O)C2C(c3ccc(C)cc3)C(C(=O)c3ccc(C)cc3)C2c2ccc(C)cc2)cc1. The van der Waals surface area contributed by atoms with E-state index in [1.54, 1.807) is 0 Å². The molecular formula is C38H44O2. The van der Waals surface area contributed by atoms with Crippen LogP contribution < -0.4 is 0 Å². The molecule has 0 atom stereocenters. The first-order chi connectivity index (χ1) is 19.3. The van der Waals surface area contributed by atoms with Crippen LogP contribution in [0.3, 0.4) is 0 Å². The number of aryl methyl sites for hydroxylation is 4. The fraction of sp³-hybridized carbons (Fsp3) is 0.316. The van der Waals surface area contributed by atoms with Gasteiger partial charge in [0, 0.05) is 34.8 Å². The Labute approximate surface area is 241 Å². The number of rotatable bonds is 6. The van der Waals surface area contributed by atoms with Crippen molar-refractivity contribution in [2.75, 3.05) is 0 Å². The van der Waals surface area contributed by atoms with E-state index in [9.17, 15) is 9.59 Å². The second-order valence-corrected chi connectivity index (χ2v) is 10.4. The van der Waals surface area contributed by atoms with Gasteiger partial charge in [0.1, 0.15) is 0 Å². The van der Waals surface area contributed by atoms with Crippen molar-refractivity contribution in [3.8, 4) is 0 Å². The van der Waals surface area contributed by atoms with E-state index >= 15 is 0 Å². The predicted octanol–water partition coefficient (Wildman–Crippen LogP) is 9.85. The smallest absolute Gasteiger partial charge is 0.167 e. The average Bonchev–Trinajstić information content (AvgIpc) is 2.97. The van der Waals surface area contributed by atoms with Crippen molar-refractivity contribution in [3.63, 3.8) is 0 Å². The molecule has 5 rings (SSSR count). The van der Waals surface area contributed by atoms with Gasteiger partial charge in [-0.3, -0.25) is 9.59 Å². The third-order valence-electron chi connectivity index (χ3n) is 7.75. The number of carbonyl (C=O) groups excluding carboxylic acids is 2. The van der Waals surface area contributed by atoms with Crippen LogP contribution in [0.15, 0.2) is 97.1 Å². The largest absolute Gasteiger partial charge is 0.294 e. The van der Waals surface area contributed by atoms with Crippen molar-refractivity contribution in [2.24, 2.45) is 11.8 Å². The number of carbonyl (C=O) groups is 2. The number of hydrogen-bond acceptors (Lipinski definition) is 2. The van der Waals surface area contributed by atoms with Crippen molar-refractivity contribution in [3.05, 3.63) is 142 Å². The van der Waals surface area contributed by atoms with Gasteiger partial charge in [0.25, 0.3) is 0 Å². The molecule has 1 aliphatic rings. The second-order valence-electron chi connectivity index (χ2n) is 10.4. The number of Topliss-reactive ketones (excluding diaryl/α,β-unsaturated/α-hetero) is 2. The minimum absolute atomic E-state index is 0.110. The molecule has 0 amide bonds. The maximum atomic E-state index is 14.1. The molecule has 0 radical (unpaired) electrons. The molecule has 208 valence electrons. The number of benzene rings is 4. The van der Waals surface area contributed by atoms with Gasteiger partial charge in [-0.2, -0.15) is 0 Å². The lowest BCUT2D eigenvalue weighted by Gasteiger charge is -2.51. The first-order valence-corrected chi connectivity index (χ1v) is 14.7. The molecule has 0 bridgehead atoms. The molecule has 4 aromatic carbocycles. The Balaban J connectivity index is 0.00000106. The molecule has 1 aliphatic carbocycles. The Morgan fingerprint density at radius 3 is 0.875 bits per heavy atom. The minimum Gasteiger partial charge on any atom is -0.294 e.